The molecule has 6 nitrogen and oxygen atoms in total. The summed E-state index contributed by atoms with van der Waals surface area (Å²) in [6.07, 6.45) is 4.93. The second kappa shape index (κ2) is 4.73. The maximum absolute atomic E-state index is 9.67. The summed E-state index contributed by atoms with van der Waals surface area (Å²) < 4.78 is 10.6. The van der Waals surface area contributed by atoms with Crippen LogP contribution in [0, 0.1) is 0 Å². The number of hydrogen-bond acceptors (Lipinski definition) is 6. The van der Waals surface area contributed by atoms with Gasteiger partial charge >= 0.3 is 0 Å². The Morgan fingerprint density at radius 2 is 2.33 bits per heavy atom. The number of aromatic hydroxyl groups is 1. The Kier molecular flexibility index (Phi) is 2.93. The normalized spacial score (nSPS) is 19.9. The molecular weight excluding hydrogens is 234 g/mol. The third kappa shape index (κ3) is 2.06. The lowest BCUT2D eigenvalue weighted by Gasteiger charge is -2.18. The van der Waals surface area contributed by atoms with Gasteiger partial charge in [0.05, 0.1) is 18.4 Å². The van der Waals surface area contributed by atoms with E-state index in [0.29, 0.717) is 23.9 Å². The van der Waals surface area contributed by atoms with Gasteiger partial charge in [-0.2, -0.15) is 4.98 Å². The lowest BCUT2D eigenvalue weighted by atomic mass is 10.0. The molecule has 0 spiro atoms. The summed E-state index contributed by atoms with van der Waals surface area (Å²) in [7, 11) is 0. The molecule has 94 valence electrons. The molecule has 6 heteroatoms. The molecule has 1 N–H and O–H groups in total. The van der Waals surface area contributed by atoms with Gasteiger partial charge in [-0.1, -0.05) is 5.16 Å². The molecule has 1 saturated heterocycles. The summed E-state index contributed by atoms with van der Waals surface area (Å²) in [5, 5.41) is 13.6. The van der Waals surface area contributed by atoms with E-state index in [1.807, 2.05) is 0 Å². The SMILES string of the molecule is Oc1cnccc1-c1nc(C2CCCOC2)no1. The van der Waals surface area contributed by atoms with Crippen LogP contribution in [0.1, 0.15) is 24.6 Å². The smallest absolute Gasteiger partial charge is 0.261 e. The molecule has 1 aliphatic rings. The third-order valence-corrected chi connectivity index (χ3v) is 3.00. The summed E-state index contributed by atoms with van der Waals surface area (Å²) >= 11 is 0. The average molecular weight is 247 g/mol. The summed E-state index contributed by atoms with van der Waals surface area (Å²) in [5.74, 6) is 1.17. The van der Waals surface area contributed by atoms with Gasteiger partial charge in [-0.15, -0.1) is 0 Å². The molecule has 2 aromatic rings. The topological polar surface area (TPSA) is 81.3 Å². The Labute approximate surface area is 104 Å². The zero-order valence-electron chi connectivity index (χ0n) is 9.74. The van der Waals surface area contributed by atoms with E-state index in [1.54, 1.807) is 12.3 Å². The molecule has 0 bridgehead atoms. The van der Waals surface area contributed by atoms with Gasteiger partial charge in [-0.25, -0.2) is 0 Å². The van der Waals surface area contributed by atoms with Crippen LogP contribution in [-0.4, -0.2) is 33.4 Å². The highest BCUT2D eigenvalue weighted by molar-refractivity contribution is 5.60. The maximum Gasteiger partial charge on any atom is 0.261 e. The first kappa shape index (κ1) is 11.2. The molecule has 1 atom stereocenters. The van der Waals surface area contributed by atoms with Gasteiger partial charge in [0.1, 0.15) is 5.75 Å². The van der Waals surface area contributed by atoms with Gasteiger partial charge in [0.15, 0.2) is 5.82 Å². The predicted octanol–water partition coefficient (Wildman–Crippen LogP) is 1.73. The van der Waals surface area contributed by atoms with Crippen LogP contribution in [-0.2, 0) is 4.74 Å². The van der Waals surface area contributed by atoms with Gasteiger partial charge in [-0.3, -0.25) is 4.98 Å². The van der Waals surface area contributed by atoms with Crippen molar-refractivity contribution >= 4 is 0 Å². The molecule has 3 rings (SSSR count). The van der Waals surface area contributed by atoms with Crippen LogP contribution in [0.15, 0.2) is 23.0 Å². The van der Waals surface area contributed by atoms with Crippen LogP contribution < -0.4 is 0 Å². The van der Waals surface area contributed by atoms with Crippen LogP contribution in [0.2, 0.25) is 0 Å². The van der Waals surface area contributed by atoms with E-state index < -0.39 is 0 Å². The number of nitrogens with zero attached hydrogens (tertiary/aromatic N) is 3. The zero-order chi connectivity index (χ0) is 12.4. The van der Waals surface area contributed by atoms with E-state index in [0.717, 1.165) is 19.4 Å². The van der Waals surface area contributed by atoms with E-state index in [1.165, 1.54) is 6.20 Å². The van der Waals surface area contributed by atoms with E-state index in [2.05, 4.69) is 15.1 Å². The van der Waals surface area contributed by atoms with Crippen molar-refractivity contribution in [3.8, 4) is 17.2 Å². The van der Waals surface area contributed by atoms with Crippen molar-refractivity contribution < 1.29 is 14.4 Å². The summed E-state index contributed by atoms with van der Waals surface area (Å²) in [4.78, 5) is 8.13. The predicted molar refractivity (Wildman–Crippen MR) is 62.0 cm³/mol. The Bertz CT molecular complexity index is 535. The van der Waals surface area contributed by atoms with Crippen molar-refractivity contribution in [2.45, 2.75) is 18.8 Å². The van der Waals surface area contributed by atoms with E-state index in [-0.39, 0.29) is 11.7 Å². The highest BCUT2D eigenvalue weighted by Gasteiger charge is 2.22. The van der Waals surface area contributed by atoms with Crippen LogP contribution in [0.3, 0.4) is 0 Å². The van der Waals surface area contributed by atoms with Gasteiger partial charge in [-0.05, 0) is 18.9 Å². The summed E-state index contributed by atoms with van der Waals surface area (Å²) in [6, 6.07) is 1.64. The van der Waals surface area contributed by atoms with Gasteiger partial charge in [0.2, 0.25) is 0 Å². The monoisotopic (exact) mass is 247 g/mol. The Morgan fingerprint density at radius 1 is 1.39 bits per heavy atom. The minimum Gasteiger partial charge on any atom is -0.505 e. The fraction of sp³-hybridized carbons (Fsp3) is 0.417. The third-order valence-electron chi connectivity index (χ3n) is 3.00. The molecule has 0 aliphatic carbocycles. The Morgan fingerprint density at radius 3 is 3.11 bits per heavy atom. The average Bonchev–Trinajstić information content (AvgIpc) is 2.90. The molecule has 0 radical (unpaired) electrons. The number of ether oxygens (including phenoxy) is 1. The first-order valence-electron chi connectivity index (χ1n) is 5.89. The van der Waals surface area contributed by atoms with Gasteiger partial charge in [0, 0.05) is 18.7 Å². The molecule has 3 heterocycles. The van der Waals surface area contributed by atoms with Gasteiger partial charge in [0.25, 0.3) is 5.89 Å². The van der Waals surface area contributed by atoms with Crippen LogP contribution in [0.25, 0.3) is 11.5 Å². The van der Waals surface area contributed by atoms with Crippen molar-refractivity contribution in [3.63, 3.8) is 0 Å². The minimum atomic E-state index is 0.0348. The number of aromatic nitrogens is 3. The molecule has 1 fully saturated rings. The highest BCUT2D eigenvalue weighted by Crippen LogP contribution is 2.29. The maximum atomic E-state index is 9.67. The largest absolute Gasteiger partial charge is 0.505 e. The van der Waals surface area contributed by atoms with Crippen LogP contribution >= 0.6 is 0 Å². The van der Waals surface area contributed by atoms with Crippen molar-refractivity contribution in [1.29, 1.82) is 0 Å². The quantitative estimate of drug-likeness (QED) is 0.870. The second-order valence-electron chi connectivity index (χ2n) is 4.26. The number of hydrogen-bond donors (Lipinski definition) is 1. The number of rotatable bonds is 2. The number of pyridine rings is 1. The van der Waals surface area contributed by atoms with Crippen molar-refractivity contribution in [1.82, 2.24) is 15.1 Å². The molecule has 1 unspecified atom stereocenters. The van der Waals surface area contributed by atoms with Crippen LogP contribution in [0.5, 0.6) is 5.75 Å². The summed E-state index contributed by atoms with van der Waals surface area (Å²) in [5.41, 5.74) is 0.500. The first-order valence-corrected chi connectivity index (χ1v) is 5.89. The lowest BCUT2D eigenvalue weighted by Crippen LogP contribution is -2.16. The second-order valence-corrected chi connectivity index (χ2v) is 4.26. The van der Waals surface area contributed by atoms with E-state index >= 15 is 0 Å². The minimum absolute atomic E-state index is 0.0348. The van der Waals surface area contributed by atoms with E-state index in [9.17, 15) is 5.11 Å². The lowest BCUT2D eigenvalue weighted by molar-refractivity contribution is 0.0773. The van der Waals surface area contributed by atoms with Gasteiger partial charge < -0.3 is 14.4 Å². The first-order chi connectivity index (χ1) is 8.84. The van der Waals surface area contributed by atoms with Crippen LogP contribution in [0.4, 0.5) is 0 Å². The zero-order valence-corrected chi connectivity index (χ0v) is 9.74. The molecule has 0 amide bonds. The fourth-order valence-corrected chi connectivity index (χ4v) is 2.02. The fourth-order valence-electron chi connectivity index (χ4n) is 2.02. The molecule has 18 heavy (non-hydrogen) atoms. The van der Waals surface area contributed by atoms with Crippen molar-refractivity contribution in [3.05, 3.63) is 24.3 Å². The standard InChI is InChI=1S/C12H13N3O3/c16-10-6-13-4-3-9(10)12-14-11(15-18-12)8-2-1-5-17-7-8/h3-4,6,8,16H,1-2,5,7H2. The Balaban J connectivity index is 1.87. The van der Waals surface area contributed by atoms with E-state index in [4.69, 9.17) is 9.26 Å². The van der Waals surface area contributed by atoms with Crippen molar-refractivity contribution in [2.24, 2.45) is 0 Å². The molecule has 0 saturated carbocycles. The molecule has 2 aromatic heterocycles. The molecular formula is C12H13N3O3. The van der Waals surface area contributed by atoms with Crippen molar-refractivity contribution in [2.75, 3.05) is 13.2 Å². The molecule has 0 aromatic carbocycles. The Hall–Kier alpha value is -1.95. The summed E-state index contributed by atoms with van der Waals surface area (Å²) in [6.45, 7) is 1.42. The molecule has 1 aliphatic heterocycles. The highest BCUT2D eigenvalue weighted by atomic mass is 16.5.